The molecule has 0 saturated heterocycles. The normalized spacial score (nSPS) is 14.7. The van der Waals surface area contributed by atoms with Crippen LogP contribution in [0.1, 0.15) is 65.2 Å². The van der Waals surface area contributed by atoms with Gasteiger partial charge in [0, 0.05) is 17.3 Å². The number of aliphatic hydroxyl groups excluding tert-OH is 1. The molecule has 2 N–H and O–H groups in total. The summed E-state index contributed by atoms with van der Waals surface area (Å²) in [6, 6.07) is 4.07. The molecule has 0 bridgehead atoms. The molecule has 0 aromatic heterocycles. The topological polar surface area (TPSA) is 52.8 Å². The predicted molar refractivity (Wildman–Crippen MR) is 89.6 cm³/mol. The van der Waals surface area contributed by atoms with Crippen molar-refractivity contribution in [3.05, 3.63) is 28.8 Å². The van der Waals surface area contributed by atoms with E-state index in [-0.39, 0.29) is 16.6 Å². The molecule has 1 atom stereocenters. The van der Waals surface area contributed by atoms with Crippen LogP contribution in [0.4, 0.5) is 0 Å². The predicted octanol–water partition coefficient (Wildman–Crippen LogP) is 3.79. The number of benzene rings is 1. The maximum atomic E-state index is 10.5. The number of aromatic hydroxyl groups is 1. The monoisotopic (exact) mass is 291 g/mol. The van der Waals surface area contributed by atoms with E-state index in [0.717, 1.165) is 5.56 Å². The fourth-order valence-electron chi connectivity index (χ4n) is 2.06. The SMILES string of the molecule is CC(O)CN=Cc1cc(C(C)(C)C)cc(C(C)(C)C)c1O. The summed E-state index contributed by atoms with van der Waals surface area (Å²) in [5.41, 5.74) is 2.67. The lowest BCUT2D eigenvalue weighted by atomic mass is 9.79. The Labute approximate surface area is 128 Å². The van der Waals surface area contributed by atoms with Crippen molar-refractivity contribution in [2.45, 2.75) is 65.4 Å². The Kier molecular flexibility index (Phi) is 5.21. The average Bonchev–Trinajstić information content (AvgIpc) is 2.27. The lowest BCUT2D eigenvalue weighted by Gasteiger charge is -2.27. The number of phenolic OH excluding ortho intramolecular Hbond substituents is 1. The Balaban J connectivity index is 3.39. The summed E-state index contributed by atoms with van der Waals surface area (Å²) in [7, 11) is 0. The van der Waals surface area contributed by atoms with Gasteiger partial charge >= 0.3 is 0 Å². The minimum Gasteiger partial charge on any atom is -0.507 e. The summed E-state index contributed by atoms with van der Waals surface area (Å²) >= 11 is 0. The minimum absolute atomic E-state index is 0.000556. The Morgan fingerprint density at radius 2 is 1.67 bits per heavy atom. The molecule has 0 aliphatic rings. The highest BCUT2D eigenvalue weighted by molar-refractivity contribution is 5.85. The van der Waals surface area contributed by atoms with Gasteiger partial charge in [-0.2, -0.15) is 0 Å². The quantitative estimate of drug-likeness (QED) is 0.833. The molecular formula is C18H29NO2. The number of hydrogen-bond acceptors (Lipinski definition) is 3. The van der Waals surface area contributed by atoms with E-state index in [0.29, 0.717) is 12.1 Å². The molecule has 0 radical (unpaired) electrons. The molecule has 1 aromatic carbocycles. The van der Waals surface area contributed by atoms with Gasteiger partial charge in [0.1, 0.15) is 5.75 Å². The highest BCUT2D eigenvalue weighted by Crippen LogP contribution is 2.37. The Morgan fingerprint density at radius 1 is 1.10 bits per heavy atom. The zero-order chi connectivity index (χ0) is 16.4. The second kappa shape index (κ2) is 6.18. The van der Waals surface area contributed by atoms with Gasteiger partial charge in [-0.1, -0.05) is 47.6 Å². The van der Waals surface area contributed by atoms with Crippen LogP contribution in [0.25, 0.3) is 0 Å². The zero-order valence-corrected chi connectivity index (χ0v) is 14.4. The summed E-state index contributed by atoms with van der Waals surface area (Å²) in [5.74, 6) is 0.282. The van der Waals surface area contributed by atoms with Crippen molar-refractivity contribution in [3.63, 3.8) is 0 Å². The Hall–Kier alpha value is -1.35. The summed E-state index contributed by atoms with van der Waals surface area (Å²) < 4.78 is 0. The van der Waals surface area contributed by atoms with Gasteiger partial charge in [0.05, 0.1) is 12.6 Å². The van der Waals surface area contributed by atoms with E-state index < -0.39 is 6.10 Å². The molecule has 0 amide bonds. The fourth-order valence-corrected chi connectivity index (χ4v) is 2.06. The summed E-state index contributed by atoms with van der Waals surface area (Å²) in [6.07, 6.45) is 1.18. The van der Waals surface area contributed by atoms with Crippen LogP contribution in [0.3, 0.4) is 0 Å². The van der Waals surface area contributed by atoms with Crippen molar-refractivity contribution in [2.75, 3.05) is 6.54 Å². The van der Waals surface area contributed by atoms with Gasteiger partial charge in [0.2, 0.25) is 0 Å². The first-order valence-corrected chi connectivity index (χ1v) is 7.49. The van der Waals surface area contributed by atoms with Gasteiger partial charge in [-0.3, -0.25) is 4.99 Å². The summed E-state index contributed by atoms with van der Waals surface area (Å²) in [5, 5.41) is 19.8. The first-order valence-electron chi connectivity index (χ1n) is 7.49. The highest BCUT2D eigenvalue weighted by atomic mass is 16.3. The van der Waals surface area contributed by atoms with Crippen LogP contribution in [-0.4, -0.2) is 29.1 Å². The smallest absolute Gasteiger partial charge is 0.128 e. The van der Waals surface area contributed by atoms with Gasteiger partial charge in [-0.25, -0.2) is 0 Å². The third-order valence-corrected chi connectivity index (χ3v) is 3.41. The molecule has 0 aliphatic heterocycles. The van der Waals surface area contributed by atoms with Crippen LogP contribution in [0, 0.1) is 0 Å². The molecule has 0 aliphatic carbocycles. The number of hydrogen-bond donors (Lipinski definition) is 2. The number of aliphatic hydroxyl groups is 1. The van der Waals surface area contributed by atoms with E-state index in [2.05, 4.69) is 52.6 Å². The van der Waals surface area contributed by atoms with Gasteiger partial charge < -0.3 is 10.2 Å². The third kappa shape index (κ3) is 4.85. The van der Waals surface area contributed by atoms with Crippen LogP contribution in [0.15, 0.2) is 17.1 Å². The maximum Gasteiger partial charge on any atom is 0.128 e. The van der Waals surface area contributed by atoms with E-state index >= 15 is 0 Å². The van der Waals surface area contributed by atoms with Crippen LogP contribution in [0.2, 0.25) is 0 Å². The van der Waals surface area contributed by atoms with Gasteiger partial charge in [-0.05, 0) is 29.4 Å². The van der Waals surface area contributed by atoms with Gasteiger partial charge in [0.25, 0.3) is 0 Å². The molecule has 0 heterocycles. The molecule has 1 aromatic rings. The second-order valence-electron chi connectivity index (χ2n) is 7.80. The van der Waals surface area contributed by atoms with Crippen molar-refractivity contribution in [2.24, 2.45) is 4.99 Å². The second-order valence-corrected chi connectivity index (χ2v) is 7.80. The molecule has 0 saturated carbocycles. The van der Waals surface area contributed by atoms with E-state index in [1.807, 2.05) is 6.07 Å². The first-order chi connectivity index (χ1) is 9.43. The number of nitrogens with zero attached hydrogens (tertiary/aromatic N) is 1. The third-order valence-electron chi connectivity index (χ3n) is 3.41. The van der Waals surface area contributed by atoms with Crippen molar-refractivity contribution < 1.29 is 10.2 Å². The molecule has 118 valence electrons. The van der Waals surface area contributed by atoms with Crippen molar-refractivity contribution in [3.8, 4) is 5.75 Å². The van der Waals surface area contributed by atoms with E-state index in [4.69, 9.17) is 0 Å². The number of phenols is 1. The summed E-state index contributed by atoms with van der Waals surface area (Å²) in [4.78, 5) is 4.21. The average molecular weight is 291 g/mol. The molecular weight excluding hydrogens is 262 g/mol. The van der Waals surface area contributed by atoms with E-state index in [1.165, 1.54) is 5.56 Å². The van der Waals surface area contributed by atoms with E-state index in [9.17, 15) is 10.2 Å². The standard InChI is InChI=1S/C18H29NO2/c1-12(20)10-19-11-13-8-14(17(2,3)4)9-15(16(13)21)18(5,6)7/h8-9,11-12,20-21H,10H2,1-7H3. The molecule has 1 rings (SSSR count). The Bertz CT molecular complexity index is 517. The van der Waals surface area contributed by atoms with Crippen molar-refractivity contribution in [1.29, 1.82) is 0 Å². The lowest BCUT2D eigenvalue weighted by molar-refractivity contribution is 0.204. The minimum atomic E-state index is -0.476. The Morgan fingerprint density at radius 3 is 2.10 bits per heavy atom. The van der Waals surface area contributed by atoms with Crippen molar-refractivity contribution >= 4 is 6.21 Å². The van der Waals surface area contributed by atoms with Crippen LogP contribution >= 0.6 is 0 Å². The molecule has 3 nitrogen and oxygen atoms in total. The molecule has 0 spiro atoms. The highest BCUT2D eigenvalue weighted by Gasteiger charge is 2.24. The summed E-state index contributed by atoms with van der Waals surface area (Å²) in [6.45, 7) is 14.8. The van der Waals surface area contributed by atoms with Crippen LogP contribution < -0.4 is 0 Å². The van der Waals surface area contributed by atoms with Gasteiger partial charge in [0.15, 0.2) is 0 Å². The molecule has 3 heteroatoms. The first kappa shape index (κ1) is 17.7. The van der Waals surface area contributed by atoms with Crippen LogP contribution in [0.5, 0.6) is 5.75 Å². The van der Waals surface area contributed by atoms with Gasteiger partial charge in [-0.15, -0.1) is 0 Å². The zero-order valence-electron chi connectivity index (χ0n) is 14.4. The maximum absolute atomic E-state index is 10.5. The molecule has 0 fully saturated rings. The van der Waals surface area contributed by atoms with Crippen molar-refractivity contribution in [1.82, 2.24) is 0 Å². The lowest BCUT2D eigenvalue weighted by Crippen LogP contribution is -2.17. The number of rotatable bonds is 3. The van der Waals surface area contributed by atoms with Crippen LogP contribution in [-0.2, 0) is 10.8 Å². The molecule has 21 heavy (non-hydrogen) atoms. The fraction of sp³-hybridized carbons (Fsp3) is 0.611. The number of aliphatic imine (C=N–C) groups is 1. The molecule has 1 unspecified atom stereocenters. The largest absolute Gasteiger partial charge is 0.507 e. The van der Waals surface area contributed by atoms with E-state index in [1.54, 1.807) is 13.1 Å².